The molecular formula is C13H12Cl2N2. The summed E-state index contributed by atoms with van der Waals surface area (Å²) in [5, 5.41) is 1.19. The van der Waals surface area contributed by atoms with Gasteiger partial charge in [-0.3, -0.25) is 4.98 Å². The van der Waals surface area contributed by atoms with E-state index in [1.165, 1.54) is 0 Å². The molecule has 0 saturated heterocycles. The van der Waals surface area contributed by atoms with Crippen LogP contribution in [0, 0.1) is 6.92 Å². The summed E-state index contributed by atoms with van der Waals surface area (Å²) in [6.07, 6.45) is 1.74. The second kappa shape index (κ2) is 5.05. The molecule has 0 aliphatic carbocycles. The van der Waals surface area contributed by atoms with Crippen molar-refractivity contribution in [1.29, 1.82) is 0 Å². The molecule has 1 aromatic heterocycles. The van der Waals surface area contributed by atoms with Crippen LogP contribution in [0.5, 0.6) is 0 Å². The smallest absolute Gasteiger partial charge is 0.0567 e. The van der Waals surface area contributed by atoms with Gasteiger partial charge in [-0.15, -0.1) is 0 Å². The quantitative estimate of drug-likeness (QED) is 0.900. The highest BCUT2D eigenvalue weighted by molar-refractivity contribution is 6.35. The maximum atomic E-state index is 6.18. The molecule has 4 heteroatoms. The Kier molecular flexibility index (Phi) is 3.67. The Bertz CT molecular complexity index is 541. The number of nitrogens with two attached hydrogens (primary N) is 1. The normalized spacial score (nSPS) is 12.5. The molecule has 0 fully saturated rings. The molecule has 17 heavy (non-hydrogen) atoms. The standard InChI is InChI=1S/C13H12Cl2N2/c1-8-6-9(4-5-17-8)13(16)11-3-2-10(14)7-12(11)15/h2-7,13H,16H2,1H3. The van der Waals surface area contributed by atoms with Crippen molar-refractivity contribution in [2.75, 3.05) is 0 Å². The van der Waals surface area contributed by atoms with Crippen LogP contribution in [0.4, 0.5) is 0 Å². The van der Waals surface area contributed by atoms with E-state index in [0.717, 1.165) is 16.8 Å². The second-order valence-corrected chi connectivity index (χ2v) is 4.72. The number of benzene rings is 1. The van der Waals surface area contributed by atoms with E-state index in [0.29, 0.717) is 10.0 Å². The van der Waals surface area contributed by atoms with Crippen molar-refractivity contribution in [2.45, 2.75) is 13.0 Å². The molecule has 2 rings (SSSR count). The van der Waals surface area contributed by atoms with Crippen LogP contribution in [0.3, 0.4) is 0 Å². The van der Waals surface area contributed by atoms with Crippen molar-refractivity contribution in [3.05, 3.63) is 63.4 Å². The van der Waals surface area contributed by atoms with Crippen molar-refractivity contribution < 1.29 is 0 Å². The van der Waals surface area contributed by atoms with E-state index < -0.39 is 0 Å². The number of rotatable bonds is 2. The topological polar surface area (TPSA) is 38.9 Å². The molecule has 0 spiro atoms. The molecule has 1 unspecified atom stereocenters. The minimum Gasteiger partial charge on any atom is -0.320 e. The van der Waals surface area contributed by atoms with Crippen molar-refractivity contribution >= 4 is 23.2 Å². The summed E-state index contributed by atoms with van der Waals surface area (Å²) in [7, 11) is 0. The summed E-state index contributed by atoms with van der Waals surface area (Å²) in [6, 6.07) is 8.92. The Labute approximate surface area is 110 Å². The second-order valence-electron chi connectivity index (χ2n) is 3.87. The number of aromatic nitrogens is 1. The number of hydrogen-bond donors (Lipinski definition) is 1. The Morgan fingerprint density at radius 2 is 1.94 bits per heavy atom. The Morgan fingerprint density at radius 3 is 2.59 bits per heavy atom. The fourth-order valence-electron chi connectivity index (χ4n) is 1.69. The predicted molar refractivity (Wildman–Crippen MR) is 71.5 cm³/mol. The maximum Gasteiger partial charge on any atom is 0.0567 e. The van der Waals surface area contributed by atoms with E-state index in [-0.39, 0.29) is 6.04 Å². The third kappa shape index (κ3) is 2.78. The molecule has 2 aromatic rings. The van der Waals surface area contributed by atoms with Crippen LogP contribution in [0.2, 0.25) is 10.0 Å². The van der Waals surface area contributed by atoms with Gasteiger partial charge < -0.3 is 5.73 Å². The van der Waals surface area contributed by atoms with Gasteiger partial charge in [0.15, 0.2) is 0 Å². The van der Waals surface area contributed by atoms with Crippen LogP contribution < -0.4 is 5.73 Å². The van der Waals surface area contributed by atoms with Crippen LogP contribution in [-0.4, -0.2) is 4.98 Å². The van der Waals surface area contributed by atoms with Crippen molar-refractivity contribution in [3.63, 3.8) is 0 Å². The first-order chi connectivity index (χ1) is 8.08. The van der Waals surface area contributed by atoms with Crippen LogP contribution in [0.1, 0.15) is 22.9 Å². The largest absolute Gasteiger partial charge is 0.320 e. The molecule has 0 radical (unpaired) electrons. The lowest BCUT2D eigenvalue weighted by atomic mass is 10.00. The molecule has 0 aliphatic heterocycles. The zero-order chi connectivity index (χ0) is 12.4. The van der Waals surface area contributed by atoms with Gasteiger partial charge in [0, 0.05) is 21.9 Å². The van der Waals surface area contributed by atoms with Gasteiger partial charge in [-0.2, -0.15) is 0 Å². The summed E-state index contributed by atoms with van der Waals surface area (Å²) in [4.78, 5) is 4.14. The summed E-state index contributed by atoms with van der Waals surface area (Å²) < 4.78 is 0. The van der Waals surface area contributed by atoms with Gasteiger partial charge >= 0.3 is 0 Å². The van der Waals surface area contributed by atoms with Gasteiger partial charge in [-0.1, -0.05) is 29.3 Å². The van der Waals surface area contributed by atoms with Crippen molar-refractivity contribution in [3.8, 4) is 0 Å². The first kappa shape index (κ1) is 12.4. The van der Waals surface area contributed by atoms with Crippen LogP contribution >= 0.6 is 23.2 Å². The molecule has 0 amide bonds. The van der Waals surface area contributed by atoms with Crippen LogP contribution in [0.15, 0.2) is 36.5 Å². The van der Waals surface area contributed by atoms with E-state index in [4.69, 9.17) is 28.9 Å². The monoisotopic (exact) mass is 266 g/mol. The minimum absolute atomic E-state index is 0.263. The zero-order valence-corrected chi connectivity index (χ0v) is 10.8. The highest BCUT2D eigenvalue weighted by Crippen LogP contribution is 2.28. The summed E-state index contributed by atoms with van der Waals surface area (Å²) >= 11 is 12.0. The lowest BCUT2D eigenvalue weighted by Gasteiger charge is -2.14. The molecule has 1 atom stereocenters. The summed E-state index contributed by atoms with van der Waals surface area (Å²) in [5.74, 6) is 0. The third-order valence-electron chi connectivity index (χ3n) is 2.58. The van der Waals surface area contributed by atoms with Crippen LogP contribution in [0.25, 0.3) is 0 Å². The lowest BCUT2D eigenvalue weighted by molar-refractivity contribution is 0.864. The van der Waals surface area contributed by atoms with Gasteiger partial charge in [0.2, 0.25) is 0 Å². The van der Waals surface area contributed by atoms with E-state index in [2.05, 4.69) is 4.98 Å². The number of nitrogens with zero attached hydrogens (tertiary/aromatic N) is 1. The highest BCUT2D eigenvalue weighted by Gasteiger charge is 2.12. The third-order valence-corrected chi connectivity index (χ3v) is 3.14. The van der Waals surface area contributed by atoms with Crippen LogP contribution in [-0.2, 0) is 0 Å². The average molecular weight is 267 g/mol. The first-order valence-corrected chi connectivity index (χ1v) is 5.96. The van der Waals surface area contributed by atoms with Crippen molar-refractivity contribution in [2.24, 2.45) is 5.73 Å². The Balaban J connectivity index is 2.40. The molecule has 1 heterocycles. The fraction of sp³-hybridized carbons (Fsp3) is 0.154. The van der Waals surface area contributed by atoms with E-state index >= 15 is 0 Å². The molecule has 88 valence electrons. The molecule has 2 nitrogen and oxygen atoms in total. The van der Waals surface area contributed by atoms with Gasteiger partial charge in [-0.05, 0) is 42.3 Å². The summed E-state index contributed by atoms with van der Waals surface area (Å²) in [5.41, 5.74) is 8.96. The highest BCUT2D eigenvalue weighted by atomic mass is 35.5. The average Bonchev–Trinajstić information content (AvgIpc) is 2.28. The minimum atomic E-state index is -0.263. The SMILES string of the molecule is Cc1cc(C(N)c2ccc(Cl)cc2Cl)ccn1. The van der Waals surface area contributed by atoms with Gasteiger partial charge in [0.1, 0.15) is 0 Å². The summed E-state index contributed by atoms with van der Waals surface area (Å²) in [6.45, 7) is 1.93. The van der Waals surface area contributed by atoms with E-state index in [1.54, 1.807) is 18.3 Å². The molecular weight excluding hydrogens is 255 g/mol. The number of hydrogen-bond acceptors (Lipinski definition) is 2. The van der Waals surface area contributed by atoms with Gasteiger partial charge in [-0.25, -0.2) is 0 Å². The molecule has 0 bridgehead atoms. The number of pyridine rings is 1. The molecule has 2 N–H and O–H groups in total. The molecule has 0 saturated carbocycles. The predicted octanol–water partition coefficient (Wildman–Crippen LogP) is 3.74. The maximum absolute atomic E-state index is 6.18. The number of halogens is 2. The molecule has 0 aliphatic rings. The first-order valence-electron chi connectivity index (χ1n) is 5.21. The van der Waals surface area contributed by atoms with E-state index in [9.17, 15) is 0 Å². The Hall–Kier alpha value is -1.09. The van der Waals surface area contributed by atoms with Gasteiger partial charge in [0.05, 0.1) is 6.04 Å². The fourth-order valence-corrected chi connectivity index (χ4v) is 2.22. The molecule has 1 aromatic carbocycles. The van der Waals surface area contributed by atoms with Crippen molar-refractivity contribution in [1.82, 2.24) is 4.98 Å². The lowest BCUT2D eigenvalue weighted by Crippen LogP contribution is -2.12. The Morgan fingerprint density at radius 1 is 1.18 bits per heavy atom. The van der Waals surface area contributed by atoms with Gasteiger partial charge in [0.25, 0.3) is 0 Å². The zero-order valence-electron chi connectivity index (χ0n) is 9.32. The number of aryl methyl sites for hydroxylation is 1. The van der Waals surface area contributed by atoms with E-state index in [1.807, 2.05) is 25.1 Å².